The fourth-order valence-corrected chi connectivity index (χ4v) is 3.21. The van der Waals surface area contributed by atoms with Crippen molar-refractivity contribution in [2.75, 3.05) is 27.9 Å². The molecule has 0 atom stereocenters. The molecule has 0 heterocycles. The molecule has 0 aromatic rings. The van der Waals surface area contributed by atoms with Crippen molar-refractivity contribution >= 4 is 8.80 Å². The van der Waals surface area contributed by atoms with Gasteiger partial charge in [0.25, 0.3) is 0 Å². The van der Waals surface area contributed by atoms with Crippen molar-refractivity contribution in [1.29, 1.82) is 0 Å². The Balaban J connectivity index is 3.63. The van der Waals surface area contributed by atoms with Gasteiger partial charge in [0.1, 0.15) is 0 Å². The van der Waals surface area contributed by atoms with Crippen molar-refractivity contribution < 1.29 is 13.3 Å². The van der Waals surface area contributed by atoms with Gasteiger partial charge in [0.15, 0.2) is 0 Å². The van der Waals surface area contributed by atoms with Gasteiger partial charge in [-0.3, -0.25) is 0 Å². The van der Waals surface area contributed by atoms with Gasteiger partial charge in [-0.2, -0.15) is 0 Å². The zero-order valence-corrected chi connectivity index (χ0v) is 11.6. The third-order valence-electron chi connectivity index (χ3n) is 2.40. The topological polar surface area (TPSA) is 39.7 Å². The lowest BCUT2D eigenvalue weighted by atomic mass is 10.3. The van der Waals surface area contributed by atoms with Crippen LogP contribution in [-0.2, 0) is 13.3 Å². The number of hydrogen-bond donors (Lipinski definition) is 1. The molecule has 0 aromatic carbocycles. The molecule has 0 aliphatic carbocycles. The first-order valence-electron chi connectivity index (χ1n) is 5.49. The Morgan fingerprint density at radius 3 is 1.93 bits per heavy atom. The van der Waals surface area contributed by atoms with E-state index in [4.69, 9.17) is 13.3 Å². The second-order valence-electron chi connectivity index (χ2n) is 3.86. The molecule has 0 saturated heterocycles. The first-order chi connectivity index (χ1) is 7.10. The summed E-state index contributed by atoms with van der Waals surface area (Å²) < 4.78 is 16.0. The van der Waals surface area contributed by atoms with Crippen molar-refractivity contribution in [1.82, 2.24) is 5.32 Å². The van der Waals surface area contributed by atoms with Crippen LogP contribution in [0.3, 0.4) is 0 Å². The van der Waals surface area contributed by atoms with Crippen LogP contribution in [0.2, 0.25) is 6.04 Å². The van der Waals surface area contributed by atoms with E-state index in [1.54, 1.807) is 21.3 Å². The molecular weight excluding hydrogens is 210 g/mol. The minimum absolute atomic E-state index is 0.555. The lowest BCUT2D eigenvalue weighted by molar-refractivity contribution is 0.123. The summed E-state index contributed by atoms with van der Waals surface area (Å²) in [5.74, 6) is 0. The molecule has 92 valence electrons. The van der Waals surface area contributed by atoms with Crippen LogP contribution in [0.1, 0.15) is 26.7 Å². The maximum absolute atomic E-state index is 5.34. The Morgan fingerprint density at radius 2 is 1.53 bits per heavy atom. The van der Waals surface area contributed by atoms with Crippen LogP contribution in [0.25, 0.3) is 0 Å². The second-order valence-corrected chi connectivity index (χ2v) is 6.95. The van der Waals surface area contributed by atoms with E-state index in [9.17, 15) is 0 Å². The summed E-state index contributed by atoms with van der Waals surface area (Å²) in [6, 6.07) is 1.44. The molecule has 0 amide bonds. The third kappa shape index (κ3) is 6.27. The van der Waals surface area contributed by atoms with Crippen LogP contribution in [0.15, 0.2) is 0 Å². The highest BCUT2D eigenvalue weighted by atomic mass is 28.4. The van der Waals surface area contributed by atoms with Gasteiger partial charge in [-0.15, -0.1) is 0 Å². The first-order valence-corrected chi connectivity index (χ1v) is 7.42. The molecule has 5 heteroatoms. The summed E-state index contributed by atoms with van der Waals surface area (Å²) in [6.45, 7) is 5.34. The lowest BCUT2D eigenvalue weighted by Crippen LogP contribution is -2.42. The molecule has 0 fully saturated rings. The first kappa shape index (κ1) is 15.1. The molecule has 0 rings (SSSR count). The molecule has 0 aliphatic heterocycles. The molecular formula is C10H25NO3Si. The third-order valence-corrected chi connectivity index (χ3v) is 5.23. The van der Waals surface area contributed by atoms with Gasteiger partial charge < -0.3 is 18.6 Å². The smallest absolute Gasteiger partial charge is 0.377 e. The maximum Gasteiger partial charge on any atom is 0.500 e. The van der Waals surface area contributed by atoms with E-state index >= 15 is 0 Å². The Hall–Kier alpha value is 0.0569. The SMILES string of the molecule is CO[Si](CCCCNC(C)C)(OC)OC. The second kappa shape index (κ2) is 8.24. The van der Waals surface area contributed by atoms with Gasteiger partial charge in [-0.25, -0.2) is 0 Å². The van der Waals surface area contributed by atoms with Crippen LogP contribution in [0.5, 0.6) is 0 Å². The predicted octanol–water partition coefficient (Wildman–Crippen LogP) is 1.64. The van der Waals surface area contributed by atoms with Crippen LogP contribution < -0.4 is 5.32 Å². The quantitative estimate of drug-likeness (QED) is 0.487. The standard InChI is InChI=1S/C10H25NO3Si/c1-10(2)11-8-6-7-9-15(12-3,13-4)14-5/h10-11H,6-9H2,1-5H3. The highest BCUT2D eigenvalue weighted by Gasteiger charge is 2.36. The van der Waals surface area contributed by atoms with E-state index in [0.29, 0.717) is 6.04 Å². The van der Waals surface area contributed by atoms with Gasteiger partial charge in [0.2, 0.25) is 0 Å². The largest absolute Gasteiger partial charge is 0.500 e. The summed E-state index contributed by atoms with van der Waals surface area (Å²) in [5, 5.41) is 3.38. The molecule has 0 saturated carbocycles. The molecule has 0 unspecified atom stereocenters. The van der Waals surface area contributed by atoms with Crippen LogP contribution >= 0.6 is 0 Å². The number of nitrogens with one attached hydrogen (secondary N) is 1. The molecule has 15 heavy (non-hydrogen) atoms. The average Bonchev–Trinajstić information content (AvgIpc) is 2.24. The summed E-state index contributed by atoms with van der Waals surface area (Å²) in [4.78, 5) is 0. The minimum Gasteiger partial charge on any atom is -0.377 e. The van der Waals surface area contributed by atoms with Crippen molar-refractivity contribution in [3.63, 3.8) is 0 Å². The Labute approximate surface area is 94.7 Å². The lowest BCUT2D eigenvalue weighted by Gasteiger charge is -2.24. The van der Waals surface area contributed by atoms with Crippen molar-refractivity contribution in [3.05, 3.63) is 0 Å². The zero-order chi connectivity index (χ0) is 11.7. The van der Waals surface area contributed by atoms with E-state index in [1.165, 1.54) is 0 Å². The van der Waals surface area contributed by atoms with E-state index in [-0.39, 0.29) is 0 Å². The molecule has 0 spiro atoms. The molecule has 0 aromatic heterocycles. The van der Waals surface area contributed by atoms with Gasteiger partial charge >= 0.3 is 8.80 Å². The van der Waals surface area contributed by atoms with Crippen LogP contribution in [0, 0.1) is 0 Å². The van der Waals surface area contributed by atoms with E-state index < -0.39 is 8.80 Å². The van der Waals surface area contributed by atoms with Gasteiger partial charge in [0, 0.05) is 33.4 Å². The van der Waals surface area contributed by atoms with Crippen molar-refractivity contribution in [2.24, 2.45) is 0 Å². The Kier molecular flexibility index (Phi) is 8.27. The fourth-order valence-electron chi connectivity index (χ4n) is 1.41. The average molecular weight is 235 g/mol. The van der Waals surface area contributed by atoms with E-state index in [1.807, 2.05) is 0 Å². The Morgan fingerprint density at radius 1 is 1.00 bits per heavy atom. The zero-order valence-electron chi connectivity index (χ0n) is 10.6. The minimum atomic E-state index is -2.32. The Bertz CT molecular complexity index is 143. The van der Waals surface area contributed by atoms with Crippen LogP contribution in [0.4, 0.5) is 0 Å². The predicted molar refractivity (Wildman–Crippen MR) is 64.0 cm³/mol. The normalized spacial score (nSPS) is 12.4. The maximum atomic E-state index is 5.34. The molecule has 0 radical (unpaired) electrons. The van der Waals surface area contributed by atoms with E-state index in [2.05, 4.69) is 19.2 Å². The van der Waals surface area contributed by atoms with Gasteiger partial charge in [-0.05, 0) is 19.4 Å². The summed E-state index contributed by atoms with van der Waals surface area (Å²) in [6.07, 6.45) is 2.20. The highest BCUT2D eigenvalue weighted by molar-refractivity contribution is 6.60. The molecule has 4 nitrogen and oxygen atoms in total. The molecule has 0 aliphatic rings. The summed E-state index contributed by atoms with van der Waals surface area (Å²) >= 11 is 0. The highest BCUT2D eigenvalue weighted by Crippen LogP contribution is 2.15. The number of unbranched alkanes of at least 4 members (excludes halogenated alkanes) is 1. The summed E-state index contributed by atoms with van der Waals surface area (Å²) in [5.41, 5.74) is 0. The van der Waals surface area contributed by atoms with Gasteiger partial charge in [0.05, 0.1) is 0 Å². The molecule has 0 bridgehead atoms. The monoisotopic (exact) mass is 235 g/mol. The van der Waals surface area contributed by atoms with Crippen molar-refractivity contribution in [3.8, 4) is 0 Å². The fraction of sp³-hybridized carbons (Fsp3) is 1.00. The summed E-state index contributed by atoms with van der Waals surface area (Å²) in [7, 11) is 2.65. The van der Waals surface area contributed by atoms with Crippen LogP contribution in [-0.4, -0.2) is 42.7 Å². The number of hydrogen-bond acceptors (Lipinski definition) is 4. The number of rotatable bonds is 9. The molecule has 1 N–H and O–H groups in total. The van der Waals surface area contributed by atoms with Gasteiger partial charge in [-0.1, -0.05) is 13.8 Å². The van der Waals surface area contributed by atoms with E-state index in [0.717, 1.165) is 25.4 Å². The van der Waals surface area contributed by atoms with Crippen molar-refractivity contribution in [2.45, 2.75) is 38.8 Å².